The SMILES string of the molecule is Cc1cc(C(=O)N2CCCC(=O)N(CCC(C)C)CC(=O)NC3(CCCc4ccccc43)C(=O)NCC2)c(C)o1. The third kappa shape index (κ3) is 6.57. The molecular weight excluding hydrogens is 508 g/mol. The predicted octanol–water partition coefficient (Wildman–Crippen LogP) is 3.47. The van der Waals surface area contributed by atoms with Crippen LogP contribution in [-0.4, -0.2) is 66.2 Å². The average Bonchev–Trinajstić information content (AvgIpc) is 3.26. The van der Waals surface area contributed by atoms with Crippen molar-refractivity contribution >= 4 is 23.6 Å². The lowest BCUT2D eigenvalue weighted by molar-refractivity contribution is -0.139. The molecule has 2 aromatic rings. The summed E-state index contributed by atoms with van der Waals surface area (Å²) in [5.41, 5.74) is 1.06. The lowest BCUT2D eigenvalue weighted by Crippen LogP contribution is -2.60. The molecule has 1 saturated heterocycles. The molecule has 0 saturated carbocycles. The van der Waals surface area contributed by atoms with Gasteiger partial charge in [-0.2, -0.15) is 0 Å². The minimum atomic E-state index is -1.24. The molecule has 4 rings (SSSR count). The van der Waals surface area contributed by atoms with Crippen LogP contribution in [0.2, 0.25) is 0 Å². The molecular formula is C31H42N4O5. The van der Waals surface area contributed by atoms with E-state index < -0.39 is 5.54 Å². The Balaban J connectivity index is 1.65. The number of furan rings is 1. The fourth-order valence-electron chi connectivity index (χ4n) is 5.78. The quantitative estimate of drug-likeness (QED) is 0.606. The zero-order chi connectivity index (χ0) is 28.9. The predicted molar refractivity (Wildman–Crippen MR) is 152 cm³/mol. The summed E-state index contributed by atoms with van der Waals surface area (Å²) in [7, 11) is 0. The molecule has 2 aliphatic rings. The summed E-state index contributed by atoms with van der Waals surface area (Å²) in [4.78, 5) is 57.5. The van der Waals surface area contributed by atoms with Gasteiger partial charge in [0.1, 0.15) is 17.1 Å². The first-order valence-electron chi connectivity index (χ1n) is 14.4. The molecule has 9 heteroatoms. The molecule has 2 N–H and O–H groups in total. The van der Waals surface area contributed by atoms with Gasteiger partial charge >= 0.3 is 0 Å². The van der Waals surface area contributed by atoms with Crippen molar-refractivity contribution in [3.63, 3.8) is 0 Å². The number of benzene rings is 1. The fourth-order valence-corrected chi connectivity index (χ4v) is 5.78. The van der Waals surface area contributed by atoms with Crippen molar-refractivity contribution in [2.45, 2.75) is 71.8 Å². The first kappa shape index (κ1) is 29.4. The molecule has 1 aliphatic carbocycles. The number of aryl methyl sites for hydroxylation is 3. The van der Waals surface area contributed by atoms with Gasteiger partial charge in [0.2, 0.25) is 11.8 Å². The van der Waals surface area contributed by atoms with Crippen molar-refractivity contribution < 1.29 is 23.6 Å². The maximum absolute atomic E-state index is 13.9. The van der Waals surface area contributed by atoms with Crippen LogP contribution in [-0.2, 0) is 26.3 Å². The molecule has 0 radical (unpaired) electrons. The molecule has 1 spiro atoms. The lowest BCUT2D eigenvalue weighted by atomic mass is 9.75. The fraction of sp³-hybridized carbons (Fsp3) is 0.548. The van der Waals surface area contributed by atoms with Crippen molar-refractivity contribution in [2.24, 2.45) is 5.92 Å². The Morgan fingerprint density at radius 1 is 1.07 bits per heavy atom. The Bertz CT molecular complexity index is 1250. The summed E-state index contributed by atoms with van der Waals surface area (Å²) in [5.74, 6) is 0.602. The van der Waals surface area contributed by atoms with Crippen molar-refractivity contribution in [2.75, 3.05) is 32.7 Å². The van der Waals surface area contributed by atoms with Crippen LogP contribution < -0.4 is 10.6 Å². The van der Waals surface area contributed by atoms with Gasteiger partial charge in [-0.05, 0) is 69.1 Å². The smallest absolute Gasteiger partial charge is 0.257 e. The number of carbonyl (C=O) groups excluding carboxylic acids is 4. The molecule has 0 bridgehead atoms. The van der Waals surface area contributed by atoms with Gasteiger partial charge in [0, 0.05) is 32.6 Å². The second-order valence-electron chi connectivity index (χ2n) is 11.4. The van der Waals surface area contributed by atoms with Gasteiger partial charge in [0.05, 0.1) is 12.1 Å². The highest BCUT2D eigenvalue weighted by atomic mass is 16.3. The highest BCUT2D eigenvalue weighted by molar-refractivity contribution is 5.96. The van der Waals surface area contributed by atoms with Crippen molar-refractivity contribution in [1.29, 1.82) is 0 Å². The third-order valence-electron chi connectivity index (χ3n) is 7.92. The summed E-state index contributed by atoms with van der Waals surface area (Å²) in [5, 5.41) is 6.09. The lowest BCUT2D eigenvalue weighted by Gasteiger charge is -2.39. The van der Waals surface area contributed by atoms with E-state index in [1.165, 1.54) is 0 Å². The van der Waals surface area contributed by atoms with Crippen LogP contribution >= 0.6 is 0 Å². The Morgan fingerprint density at radius 2 is 1.85 bits per heavy atom. The van der Waals surface area contributed by atoms with Gasteiger partial charge in [-0.25, -0.2) is 0 Å². The maximum atomic E-state index is 13.9. The molecule has 216 valence electrons. The van der Waals surface area contributed by atoms with E-state index in [4.69, 9.17) is 4.42 Å². The minimum absolute atomic E-state index is 0.112. The van der Waals surface area contributed by atoms with E-state index in [0.29, 0.717) is 48.9 Å². The van der Waals surface area contributed by atoms with E-state index in [2.05, 4.69) is 24.5 Å². The highest BCUT2D eigenvalue weighted by Gasteiger charge is 2.44. The Labute approximate surface area is 236 Å². The molecule has 1 aliphatic heterocycles. The molecule has 1 unspecified atom stereocenters. The second-order valence-corrected chi connectivity index (χ2v) is 11.4. The summed E-state index contributed by atoms with van der Waals surface area (Å²) >= 11 is 0. The summed E-state index contributed by atoms with van der Waals surface area (Å²) < 4.78 is 5.59. The van der Waals surface area contributed by atoms with Crippen LogP contribution in [0, 0.1) is 19.8 Å². The third-order valence-corrected chi connectivity index (χ3v) is 7.92. The second kappa shape index (κ2) is 12.7. The zero-order valence-electron chi connectivity index (χ0n) is 24.2. The molecule has 2 heterocycles. The van der Waals surface area contributed by atoms with Crippen LogP contribution in [0.5, 0.6) is 0 Å². The molecule has 9 nitrogen and oxygen atoms in total. The highest BCUT2D eigenvalue weighted by Crippen LogP contribution is 2.36. The number of hydrogen-bond acceptors (Lipinski definition) is 5. The number of fused-ring (bicyclic) bond motifs is 2. The van der Waals surface area contributed by atoms with Gasteiger partial charge < -0.3 is 24.9 Å². The van der Waals surface area contributed by atoms with Gasteiger partial charge in [0.25, 0.3) is 11.8 Å². The first-order valence-corrected chi connectivity index (χ1v) is 14.4. The normalized spacial score (nSPS) is 21.2. The van der Waals surface area contributed by atoms with Crippen molar-refractivity contribution in [3.05, 3.63) is 58.5 Å². The monoisotopic (exact) mass is 550 g/mol. The van der Waals surface area contributed by atoms with Gasteiger partial charge in [-0.3, -0.25) is 19.2 Å². The summed E-state index contributed by atoms with van der Waals surface area (Å²) in [6, 6.07) is 9.44. The van der Waals surface area contributed by atoms with E-state index in [1.807, 2.05) is 24.3 Å². The number of nitrogens with zero attached hydrogens (tertiary/aromatic N) is 2. The molecule has 1 aromatic carbocycles. The van der Waals surface area contributed by atoms with E-state index in [-0.39, 0.29) is 49.7 Å². The first-order chi connectivity index (χ1) is 19.1. The van der Waals surface area contributed by atoms with E-state index in [9.17, 15) is 19.2 Å². The topological polar surface area (TPSA) is 112 Å². The zero-order valence-corrected chi connectivity index (χ0v) is 24.2. The molecule has 1 aromatic heterocycles. The van der Waals surface area contributed by atoms with Crippen LogP contribution in [0.25, 0.3) is 0 Å². The number of nitrogens with one attached hydrogen (secondary N) is 2. The average molecular weight is 551 g/mol. The number of carbonyl (C=O) groups is 4. The Kier molecular flexibility index (Phi) is 9.32. The van der Waals surface area contributed by atoms with E-state index >= 15 is 0 Å². The largest absolute Gasteiger partial charge is 0.466 e. The molecule has 40 heavy (non-hydrogen) atoms. The van der Waals surface area contributed by atoms with Crippen LogP contribution in [0.4, 0.5) is 0 Å². The van der Waals surface area contributed by atoms with E-state index in [1.54, 1.807) is 29.7 Å². The standard InChI is InChI=1S/C31H42N4O5/c1-21(2)13-17-35-20-27(36)33-31(14-7-10-24-9-5-6-11-26(24)31)30(39)32-15-18-34(16-8-12-28(35)37)29(38)25-19-22(3)40-23(25)4/h5-6,9,11,19,21H,7-8,10,12-18,20H2,1-4H3,(H,32,39)(H,33,36). The van der Waals surface area contributed by atoms with Crippen LogP contribution in [0.3, 0.4) is 0 Å². The minimum Gasteiger partial charge on any atom is -0.466 e. The van der Waals surface area contributed by atoms with Crippen molar-refractivity contribution in [3.8, 4) is 0 Å². The Hall–Kier alpha value is -3.62. The Morgan fingerprint density at radius 3 is 2.58 bits per heavy atom. The van der Waals surface area contributed by atoms with Crippen molar-refractivity contribution in [1.82, 2.24) is 20.4 Å². The van der Waals surface area contributed by atoms with Gasteiger partial charge in [0.15, 0.2) is 0 Å². The van der Waals surface area contributed by atoms with Gasteiger partial charge in [-0.1, -0.05) is 38.1 Å². The molecule has 1 atom stereocenters. The van der Waals surface area contributed by atoms with Crippen LogP contribution in [0.15, 0.2) is 34.7 Å². The van der Waals surface area contributed by atoms with E-state index in [0.717, 1.165) is 30.4 Å². The maximum Gasteiger partial charge on any atom is 0.257 e. The number of amides is 4. The van der Waals surface area contributed by atoms with Crippen LogP contribution in [0.1, 0.15) is 79.0 Å². The van der Waals surface area contributed by atoms with Gasteiger partial charge in [-0.15, -0.1) is 0 Å². The number of hydrogen-bond donors (Lipinski definition) is 2. The molecule has 4 amide bonds. The summed E-state index contributed by atoms with van der Waals surface area (Å²) in [6.45, 7) is 8.89. The molecule has 1 fully saturated rings. The number of rotatable bonds is 4. The summed E-state index contributed by atoms with van der Waals surface area (Å²) in [6.07, 6.45) is 3.45.